The Labute approximate surface area is 144 Å². The maximum absolute atomic E-state index is 12.6. The molecule has 0 unspecified atom stereocenters. The van der Waals surface area contributed by atoms with Gasteiger partial charge in [-0.1, -0.05) is 0 Å². The van der Waals surface area contributed by atoms with Crippen molar-refractivity contribution >= 4 is 23.1 Å². The summed E-state index contributed by atoms with van der Waals surface area (Å²) in [5, 5.41) is 23.0. The van der Waals surface area contributed by atoms with E-state index < -0.39 is 22.3 Å². The molecule has 0 fully saturated rings. The zero-order valence-corrected chi connectivity index (χ0v) is 14.3. The molecule has 0 heterocycles. The first-order chi connectivity index (χ1) is 11.7. The van der Waals surface area contributed by atoms with Crippen molar-refractivity contribution in [3.8, 4) is 11.8 Å². The van der Waals surface area contributed by atoms with Crippen molar-refractivity contribution in [3.63, 3.8) is 0 Å². The number of carbonyl (C=O) groups is 2. The molecule has 1 aromatic carbocycles. The fraction of sp³-hybridized carbons (Fsp3) is 0.312. The van der Waals surface area contributed by atoms with Crippen LogP contribution in [0.2, 0.25) is 0 Å². The number of Topliss-reactive ketones (excluding diaryl/α,β-unsaturated/α-hetero) is 1. The van der Waals surface area contributed by atoms with Crippen molar-refractivity contribution in [1.82, 2.24) is 4.90 Å². The zero-order valence-electron chi connectivity index (χ0n) is 14.3. The average molecular weight is 346 g/mol. The number of nitro groups is 1. The molecule has 0 aliphatic rings. The highest BCUT2D eigenvalue weighted by molar-refractivity contribution is 6.14. The molecule has 132 valence electrons. The van der Waals surface area contributed by atoms with Gasteiger partial charge in [0, 0.05) is 27.2 Å². The van der Waals surface area contributed by atoms with Crippen LogP contribution in [0.1, 0.15) is 24.2 Å². The van der Waals surface area contributed by atoms with Crippen molar-refractivity contribution in [1.29, 1.82) is 5.26 Å². The number of allylic oxidation sites excluding steroid dienone is 1. The molecule has 0 aromatic heterocycles. The van der Waals surface area contributed by atoms with Crippen LogP contribution >= 0.6 is 0 Å². The van der Waals surface area contributed by atoms with E-state index in [1.807, 2.05) is 0 Å². The number of rotatable bonds is 7. The molecule has 1 aromatic rings. The molecule has 0 saturated carbocycles. The van der Waals surface area contributed by atoms with Crippen molar-refractivity contribution in [2.75, 3.05) is 26.0 Å². The van der Waals surface area contributed by atoms with E-state index in [1.54, 1.807) is 27.1 Å². The smallest absolute Gasteiger partial charge is 0.284 e. The Hall–Kier alpha value is -3.41. The number of ketones is 1. The summed E-state index contributed by atoms with van der Waals surface area (Å²) in [4.78, 5) is 36.0. The first-order valence-corrected chi connectivity index (χ1v) is 7.27. The minimum Gasteiger partial charge on any atom is -0.491 e. The number of carbonyl (C=O) groups excluding carboxylic acids is 2. The van der Waals surface area contributed by atoms with Gasteiger partial charge in [0.1, 0.15) is 23.0 Å². The number of nitriles is 1. The summed E-state index contributed by atoms with van der Waals surface area (Å²) in [7, 11) is 3.22. The first-order valence-electron chi connectivity index (χ1n) is 7.27. The first kappa shape index (κ1) is 19.6. The fourth-order valence-corrected chi connectivity index (χ4v) is 2.01. The second-order valence-electron chi connectivity index (χ2n) is 5.18. The van der Waals surface area contributed by atoms with Gasteiger partial charge in [0.05, 0.1) is 23.3 Å². The van der Waals surface area contributed by atoms with Gasteiger partial charge in [-0.05, 0) is 13.0 Å². The standard InChI is InChI=1S/C16H18N4O5/c1-5-25-15-7-14(20(23)24)12(6-13(15)18-10(2)21)16(22)11(8-17)9-19(3)4/h6-7,9H,5H2,1-4H3,(H,18,21). The molecule has 0 saturated heterocycles. The molecule has 0 radical (unpaired) electrons. The Morgan fingerprint density at radius 1 is 1.44 bits per heavy atom. The van der Waals surface area contributed by atoms with Crippen LogP contribution in [0.25, 0.3) is 0 Å². The van der Waals surface area contributed by atoms with Crippen LogP contribution in [-0.4, -0.2) is 42.2 Å². The number of nitrogens with zero attached hydrogens (tertiary/aromatic N) is 3. The van der Waals surface area contributed by atoms with E-state index in [0.717, 1.165) is 12.1 Å². The second-order valence-corrected chi connectivity index (χ2v) is 5.18. The summed E-state index contributed by atoms with van der Waals surface area (Å²) in [6.45, 7) is 3.14. The number of hydrogen-bond acceptors (Lipinski definition) is 7. The number of benzene rings is 1. The predicted octanol–water partition coefficient (Wildman–Crippen LogP) is 2.10. The van der Waals surface area contributed by atoms with Gasteiger partial charge in [0.25, 0.3) is 5.69 Å². The lowest BCUT2D eigenvalue weighted by atomic mass is 10.0. The lowest BCUT2D eigenvalue weighted by molar-refractivity contribution is -0.385. The molecule has 0 aliphatic heterocycles. The van der Waals surface area contributed by atoms with E-state index in [1.165, 1.54) is 18.0 Å². The van der Waals surface area contributed by atoms with Crippen LogP contribution < -0.4 is 10.1 Å². The summed E-state index contributed by atoms with van der Waals surface area (Å²) in [6.07, 6.45) is 1.26. The number of hydrogen-bond donors (Lipinski definition) is 1. The fourth-order valence-electron chi connectivity index (χ4n) is 2.01. The van der Waals surface area contributed by atoms with Crippen LogP contribution in [0.3, 0.4) is 0 Å². The Balaban J connectivity index is 3.61. The summed E-state index contributed by atoms with van der Waals surface area (Å²) < 4.78 is 5.30. The predicted molar refractivity (Wildman–Crippen MR) is 90.3 cm³/mol. The Morgan fingerprint density at radius 2 is 2.08 bits per heavy atom. The molecule has 9 heteroatoms. The van der Waals surface area contributed by atoms with Crippen LogP contribution in [-0.2, 0) is 4.79 Å². The molecule has 0 bridgehead atoms. The number of nitro benzene ring substituents is 1. The Morgan fingerprint density at radius 3 is 2.52 bits per heavy atom. The highest BCUT2D eigenvalue weighted by Gasteiger charge is 2.26. The van der Waals surface area contributed by atoms with Gasteiger partial charge in [-0.15, -0.1) is 0 Å². The molecule has 1 N–H and O–H groups in total. The number of ether oxygens (including phenoxy) is 1. The van der Waals surface area contributed by atoms with Gasteiger partial charge in [0.15, 0.2) is 0 Å². The lowest BCUT2D eigenvalue weighted by Gasteiger charge is -2.13. The zero-order chi connectivity index (χ0) is 19.1. The van der Waals surface area contributed by atoms with Gasteiger partial charge in [-0.2, -0.15) is 5.26 Å². The third kappa shape index (κ3) is 5.04. The van der Waals surface area contributed by atoms with Gasteiger partial charge in [0.2, 0.25) is 11.7 Å². The monoisotopic (exact) mass is 346 g/mol. The van der Waals surface area contributed by atoms with E-state index in [0.29, 0.717) is 0 Å². The van der Waals surface area contributed by atoms with E-state index in [9.17, 15) is 19.7 Å². The Bertz CT molecular complexity index is 777. The van der Waals surface area contributed by atoms with Crippen LogP contribution in [0, 0.1) is 21.4 Å². The molecular formula is C16H18N4O5. The molecule has 9 nitrogen and oxygen atoms in total. The van der Waals surface area contributed by atoms with E-state index in [-0.39, 0.29) is 29.2 Å². The third-order valence-corrected chi connectivity index (χ3v) is 2.90. The number of anilines is 1. The van der Waals surface area contributed by atoms with Crippen LogP contribution in [0.15, 0.2) is 23.9 Å². The molecule has 0 spiro atoms. The summed E-state index contributed by atoms with van der Waals surface area (Å²) in [5.74, 6) is -1.19. The van der Waals surface area contributed by atoms with Gasteiger partial charge in [-0.3, -0.25) is 19.7 Å². The largest absolute Gasteiger partial charge is 0.491 e. The maximum Gasteiger partial charge on any atom is 0.284 e. The third-order valence-electron chi connectivity index (χ3n) is 2.90. The Kier molecular flexibility index (Phi) is 6.63. The maximum atomic E-state index is 12.6. The SMILES string of the molecule is CCOc1cc([N+](=O)[O-])c(C(=O)C(C#N)=CN(C)C)cc1NC(C)=O. The van der Waals surface area contributed by atoms with Crippen molar-refractivity contribution < 1.29 is 19.2 Å². The molecule has 1 amide bonds. The van der Waals surface area contributed by atoms with E-state index >= 15 is 0 Å². The number of amides is 1. The molecule has 0 atom stereocenters. The van der Waals surface area contributed by atoms with E-state index in [4.69, 9.17) is 10.00 Å². The highest BCUT2D eigenvalue weighted by Crippen LogP contribution is 2.34. The van der Waals surface area contributed by atoms with Gasteiger partial charge < -0.3 is 15.0 Å². The van der Waals surface area contributed by atoms with E-state index in [2.05, 4.69) is 5.32 Å². The minimum absolute atomic E-state index is 0.0658. The normalized spacial score (nSPS) is 10.6. The molecule has 0 aliphatic carbocycles. The van der Waals surface area contributed by atoms with Crippen molar-refractivity contribution in [3.05, 3.63) is 39.6 Å². The van der Waals surface area contributed by atoms with Crippen LogP contribution in [0.5, 0.6) is 5.75 Å². The van der Waals surface area contributed by atoms with Crippen molar-refractivity contribution in [2.24, 2.45) is 0 Å². The second kappa shape index (κ2) is 8.44. The van der Waals surface area contributed by atoms with Gasteiger partial charge in [-0.25, -0.2) is 0 Å². The molecule has 1 rings (SSSR count). The lowest BCUT2D eigenvalue weighted by Crippen LogP contribution is -2.13. The topological polar surface area (TPSA) is 126 Å². The van der Waals surface area contributed by atoms with Gasteiger partial charge >= 0.3 is 0 Å². The highest BCUT2D eigenvalue weighted by atomic mass is 16.6. The van der Waals surface area contributed by atoms with Crippen LogP contribution in [0.4, 0.5) is 11.4 Å². The average Bonchev–Trinajstić information content (AvgIpc) is 2.52. The summed E-state index contributed by atoms with van der Waals surface area (Å²) in [5.41, 5.74) is -0.981. The summed E-state index contributed by atoms with van der Waals surface area (Å²) in [6, 6.07) is 3.94. The molecule has 25 heavy (non-hydrogen) atoms. The number of nitrogens with one attached hydrogen (secondary N) is 1. The summed E-state index contributed by atoms with van der Waals surface area (Å²) >= 11 is 0. The van der Waals surface area contributed by atoms with Crippen molar-refractivity contribution in [2.45, 2.75) is 13.8 Å². The minimum atomic E-state index is -0.822. The molecular weight excluding hydrogens is 328 g/mol. The quantitative estimate of drug-likeness (QED) is 0.263.